The number of aliphatic hydroxyl groups excluding tert-OH is 1. The van der Waals surface area contributed by atoms with E-state index in [0.717, 1.165) is 15.8 Å². The zero-order valence-electron chi connectivity index (χ0n) is 22.5. The zero-order valence-corrected chi connectivity index (χ0v) is 22.5. The van der Waals surface area contributed by atoms with Crippen molar-refractivity contribution >= 4 is 22.3 Å². The third kappa shape index (κ3) is 4.63. The fourth-order valence-electron chi connectivity index (χ4n) is 4.94. The number of nitrogen functional groups attached to an aromatic ring is 2. The molecule has 202 valence electrons. The van der Waals surface area contributed by atoms with Gasteiger partial charge in [0.25, 0.3) is 5.56 Å². The van der Waals surface area contributed by atoms with Crippen LogP contribution in [0.3, 0.4) is 0 Å². The van der Waals surface area contributed by atoms with Gasteiger partial charge >= 0.3 is 0 Å². The summed E-state index contributed by atoms with van der Waals surface area (Å²) in [6.07, 6.45) is 1.47. The number of nitrogens with one attached hydrogen (secondary N) is 1. The van der Waals surface area contributed by atoms with Gasteiger partial charge in [0.05, 0.1) is 29.6 Å². The van der Waals surface area contributed by atoms with Gasteiger partial charge in [0.2, 0.25) is 0 Å². The van der Waals surface area contributed by atoms with Gasteiger partial charge in [0.15, 0.2) is 0 Å². The summed E-state index contributed by atoms with van der Waals surface area (Å²) in [5, 5.41) is 23.3. The predicted octanol–water partition coefficient (Wildman–Crippen LogP) is 5.51. The lowest BCUT2D eigenvalue weighted by Gasteiger charge is -2.20. The Hall–Kier alpha value is -4.82. The number of rotatable bonds is 5. The largest absolute Gasteiger partial charge is 0.398 e. The lowest BCUT2D eigenvalue weighted by molar-refractivity contribution is 0.282. The van der Waals surface area contributed by atoms with Crippen LogP contribution in [0.2, 0.25) is 0 Å². The Morgan fingerprint density at radius 2 is 1.73 bits per heavy atom. The van der Waals surface area contributed by atoms with Crippen LogP contribution in [0.4, 0.5) is 10.1 Å². The van der Waals surface area contributed by atoms with E-state index in [-0.39, 0.29) is 16.6 Å². The maximum atomic E-state index is 15.3. The normalized spacial score (nSPS) is 11.6. The molecule has 0 unspecified atom stereocenters. The van der Waals surface area contributed by atoms with Gasteiger partial charge in [-0.1, -0.05) is 63.2 Å². The van der Waals surface area contributed by atoms with Crippen molar-refractivity contribution in [1.29, 1.82) is 5.41 Å². The Bertz CT molecular complexity index is 1840. The third-order valence-corrected chi connectivity index (χ3v) is 7.11. The Kier molecular flexibility index (Phi) is 6.73. The molecule has 4 aromatic carbocycles. The molecule has 0 atom stereocenters. The van der Waals surface area contributed by atoms with Crippen molar-refractivity contribution in [2.45, 2.75) is 32.8 Å². The summed E-state index contributed by atoms with van der Waals surface area (Å²) < 4.78 is 16.4. The second-order valence-electron chi connectivity index (χ2n) is 10.8. The first-order valence-electron chi connectivity index (χ1n) is 12.8. The van der Waals surface area contributed by atoms with E-state index in [1.54, 1.807) is 30.3 Å². The van der Waals surface area contributed by atoms with Crippen LogP contribution in [0, 0.1) is 11.2 Å². The first-order valence-corrected chi connectivity index (χ1v) is 12.8. The Labute approximate surface area is 231 Å². The quantitative estimate of drug-likeness (QED) is 0.134. The molecule has 1 heterocycles. The zero-order chi connectivity index (χ0) is 28.8. The number of aromatic nitrogens is 2. The Morgan fingerprint density at radius 3 is 2.38 bits per heavy atom. The van der Waals surface area contributed by atoms with Crippen molar-refractivity contribution in [3.63, 3.8) is 0 Å². The summed E-state index contributed by atoms with van der Waals surface area (Å²) in [4.78, 5) is 13.6. The number of amidine groups is 1. The molecule has 6 N–H and O–H groups in total. The number of anilines is 1. The summed E-state index contributed by atoms with van der Waals surface area (Å²) in [5.74, 6) is -0.821. The highest BCUT2D eigenvalue weighted by Crippen LogP contribution is 2.37. The molecule has 5 aromatic rings. The second kappa shape index (κ2) is 10.1. The lowest BCUT2D eigenvalue weighted by atomic mass is 9.86. The number of nitrogens with two attached hydrogens (primary N) is 2. The van der Waals surface area contributed by atoms with E-state index in [1.165, 1.54) is 12.3 Å². The monoisotopic (exact) mass is 535 g/mol. The molecule has 1 aromatic heterocycles. The van der Waals surface area contributed by atoms with Crippen LogP contribution >= 0.6 is 0 Å². The molecule has 0 aliphatic rings. The molecule has 7 nitrogen and oxygen atoms in total. The van der Waals surface area contributed by atoms with E-state index in [4.69, 9.17) is 16.9 Å². The van der Waals surface area contributed by atoms with Crippen LogP contribution in [0.15, 0.2) is 83.8 Å². The van der Waals surface area contributed by atoms with Gasteiger partial charge in [-0.05, 0) is 58.0 Å². The molecule has 0 spiro atoms. The minimum absolute atomic E-state index is 0.0741. The summed E-state index contributed by atoms with van der Waals surface area (Å²) in [5.41, 5.74) is 16.3. The average molecular weight is 536 g/mol. The number of aliphatic hydroxyl groups is 1. The summed E-state index contributed by atoms with van der Waals surface area (Å²) in [6, 6.07) is 21.4. The summed E-state index contributed by atoms with van der Waals surface area (Å²) in [7, 11) is 0. The maximum Gasteiger partial charge on any atom is 0.282 e. The molecule has 0 amide bonds. The molecule has 0 aliphatic carbocycles. The van der Waals surface area contributed by atoms with Crippen molar-refractivity contribution in [3.05, 3.63) is 112 Å². The van der Waals surface area contributed by atoms with Gasteiger partial charge in [-0.15, -0.1) is 0 Å². The fraction of sp³-hybridized carbons (Fsp3) is 0.156. The molecular weight excluding hydrogens is 505 g/mol. The lowest BCUT2D eigenvalue weighted by Crippen LogP contribution is -2.24. The molecule has 40 heavy (non-hydrogen) atoms. The highest BCUT2D eigenvalue weighted by molar-refractivity contribution is 6.05. The highest BCUT2D eigenvalue weighted by Gasteiger charge is 2.21. The van der Waals surface area contributed by atoms with Crippen LogP contribution in [-0.4, -0.2) is 20.7 Å². The van der Waals surface area contributed by atoms with Crippen molar-refractivity contribution in [2.75, 3.05) is 5.73 Å². The molecule has 0 fully saturated rings. The molecule has 0 saturated heterocycles. The van der Waals surface area contributed by atoms with E-state index < -0.39 is 18.0 Å². The molecule has 0 saturated carbocycles. The van der Waals surface area contributed by atoms with Gasteiger partial charge < -0.3 is 16.6 Å². The van der Waals surface area contributed by atoms with E-state index >= 15 is 4.39 Å². The van der Waals surface area contributed by atoms with E-state index in [2.05, 4.69) is 5.10 Å². The van der Waals surface area contributed by atoms with Crippen LogP contribution in [0.1, 0.15) is 37.5 Å². The Balaban J connectivity index is 1.74. The smallest absolute Gasteiger partial charge is 0.282 e. The number of hydrogen-bond acceptors (Lipinski definition) is 5. The minimum Gasteiger partial charge on any atom is -0.398 e. The molecule has 0 aliphatic heterocycles. The highest BCUT2D eigenvalue weighted by atomic mass is 19.1. The van der Waals surface area contributed by atoms with E-state index in [1.807, 2.05) is 57.2 Å². The number of nitrogens with zero attached hydrogens (tertiary/aromatic N) is 2. The molecule has 0 radical (unpaired) electrons. The van der Waals surface area contributed by atoms with Gasteiger partial charge in [-0.3, -0.25) is 10.2 Å². The van der Waals surface area contributed by atoms with Crippen molar-refractivity contribution in [2.24, 2.45) is 5.73 Å². The predicted molar refractivity (Wildman–Crippen MR) is 158 cm³/mol. The van der Waals surface area contributed by atoms with Gasteiger partial charge in [-0.2, -0.15) is 9.78 Å². The van der Waals surface area contributed by atoms with E-state index in [9.17, 15) is 9.90 Å². The number of fused-ring (bicyclic) bond motifs is 1. The first-order chi connectivity index (χ1) is 19.0. The molecule has 0 bridgehead atoms. The molecule has 8 heteroatoms. The Morgan fingerprint density at radius 1 is 1.00 bits per heavy atom. The topological polar surface area (TPSA) is 131 Å². The van der Waals surface area contributed by atoms with Gasteiger partial charge in [-0.25, -0.2) is 4.39 Å². The van der Waals surface area contributed by atoms with Crippen LogP contribution in [0.25, 0.3) is 38.7 Å². The second-order valence-corrected chi connectivity index (χ2v) is 10.8. The fourth-order valence-corrected chi connectivity index (χ4v) is 4.94. The van der Waals surface area contributed by atoms with Gasteiger partial charge in [0.1, 0.15) is 11.7 Å². The van der Waals surface area contributed by atoms with Crippen molar-refractivity contribution in [1.82, 2.24) is 9.78 Å². The first kappa shape index (κ1) is 26.8. The maximum absolute atomic E-state index is 15.3. The van der Waals surface area contributed by atoms with E-state index in [0.29, 0.717) is 44.6 Å². The number of benzene rings is 4. The minimum atomic E-state index is -0.631. The van der Waals surface area contributed by atoms with Crippen molar-refractivity contribution < 1.29 is 9.50 Å². The van der Waals surface area contributed by atoms with Crippen LogP contribution in [0.5, 0.6) is 0 Å². The molecule has 5 rings (SSSR count). The van der Waals surface area contributed by atoms with Crippen molar-refractivity contribution in [3.8, 4) is 27.9 Å². The third-order valence-electron chi connectivity index (χ3n) is 7.11. The number of hydrogen-bond donors (Lipinski definition) is 4. The van der Waals surface area contributed by atoms with Crippen LogP contribution in [-0.2, 0) is 12.0 Å². The molecular formula is C32H30FN5O2. The van der Waals surface area contributed by atoms with Gasteiger partial charge in [0, 0.05) is 22.1 Å². The number of halogens is 1. The average Bonchev–Trinajstić information content (AvgIpc) is 2.92. The summed E-state index contributed by atoms with van der Waals surface area (Å²) in [6.45, 7) is 5.49. The standard InChI is InChI=1S/C32H30FN5O2/c1-32(2,3)21-12-20-16-37-38(31(40)28(20)26(33)15-21)27-11-7-10-22(25(27)17-39)19-13-23(18-8-5-4-6-9-18)29(34)24(14-19)30(35)36/h4-16,39H,17,34H2,1-3H3,(H3,35,36). The van der Waals surface area contributed by atoms with Crippen LogP contribution < -0.4 is 17.0 Å². The SMILES string of the molecule is CC(C)(C)c1cc(F)c2c(=O)n(-c3cccc(-c4cc(C(=N)N)c(N)c(-c5ccccc5)c4)c3CO)ncc2c1. The summed E-state index contributed by atoms with van der Waals surface area (Å²) >= 11 is 0.